The Balaban J connectivity index is 1.64. The van der Waals surface area contributed by atoms with E-state index in [0.29, 0.717) is 12.2 Å². The van der Waals surface area contributed by atoms with E-state index in [9.17, 15) is 4.79 Å². The minimum absolute atomic E-state index is 0.121. The highest BCUT2D eigenvalue weighted by Crippen LogP contribution is 2.22. The summed E-state index contributed by atoms with van der Waals surface area (Å²) >= 11 is 0. The molecule has 3 aromatic carbocycles. The Morgan fingerprint density at radius 1 is 0.833 bits per heavy atom. The average molecular weight is 316 g/mol. The van der Waals surface area contributed by atoms with Crippen molar-refractivity contribution >= 4 is 5.78 Å². The van der Waals surface area contributed by atoms with Crippen LogP contribution in [0.4, 0.5) is 0 Å². The van der Waals surface area contributed by atoms with Gasteiger partial charge in [0.15, 0.2) is 5.78 Å². The van der Waals surface area contributed by atoms with Gasteiger partial charge in [0.05, 0.1) is 0 Å². The molecule has 120 valence electrons. The molecule has 0 spiro atoms. The molecule has 3 rings (SSSR count). The minimum atomic E-state index is -0.151. The third-order valence-electron chi connectivity index (χ3n) is 4.08. The zero-order valence-electron chi connectivity index (χ0n) is 13.7. The number of hydrogen-bond donors (Lipinski definition) is 0. The number of carbonyl (C=O) groups excluding carboxylic acids is 1. The molecule has 24 heavy (non-hydrogen) atoms. The summed E-state index contributed by atoms with van der Waals surface area (Å²) in [4.78, 5) is 12.6. The molecule has 0 saturated heterocycles. The first kappa shape index (κ1) is 16.0. The summed E-state index contributed by atoms with van der Waals surface area (Å²) in [6, 6.07) is 27.2. The van der Waals surface area contributed by atoms with Gasteiger partial charge in [-0.15, -0.1) is 0 Å². The minimum Gasteiger partial charge on any atom is -0.489 e. The van der Waals surface area contributed by atoms with E-state index < -0.39 is 0 Å². The number of rotatable bonds is 6. The van der Waals surface area contributed by atoms with Crippen LogP contribution in [-0.2, 0) is 6.61 Å². The van der Waals surface area contributed by atoms with Crippen LogP contribution in [0.1, 0.15) is 34.3 Å². The Morgan fingerprint density at radius 2 is 1.42 bits per heavy atom. The molecular formula is C22H20O2. The molecule has 0 fully saturated rings. The third-order valence-corrected chi connectivity index (χ3v) is 4.08. The van der Waals surface area contributed by atoms with E-state index in [0.717, 1.165) is 16.9 Å². The standard InChI is InChI=1S/C22H20O2/c1-17(19-10-6-3-7-11-19)22(23)20-12-14-21(15-13-20)24-16-18-8-4-2-5-9-18/h2-15,17H,16H2,1H3/t17-/m1/s1. The highest BCUT2D eigenvalue weighted by atomic mass is 16.5. The van der Waals surface area contributed by atoms with E-state index in [-0.39, 0.29) is 11.7 Å². The van der Waals surface area contributed by atoms with Crippen LogP contribution in [0.25, 0.3) is 0 Å². The fourth-order valence-electron chi connectivity index (χ4n) is 2.60. The van der Waals surface area contributed by atoms with E-state index in [2.05, 4.69) is 0 Å². The summed E-state index contributed by atoms with van der Waals surface area (Å²) in [7, 11) is 0. The first-order valence-corrected chi connectivity index (χ1v) is 8.10. The molecule has 0 saturated carbocycles. The van der Waals surface area contributed by atoms with Crippen LogP contribution in [0.3, 0.4) is 0 Å². The van der Waals surface area contributed by atoms with Crippen LogP contribution in [0.2, 0.25) is 0 Å². The largest absolute Gasteiger partial charge is 0.489 e. The maximum absolute atomic E-state index is 12.6. The van der Waals surface area contributed by atoms with Gasteiger partial charge >= 0.3 is 0 Å². The van der Waals surface area contributed by atoms with Crippen LogP contribution < -0.4 is 4.74 Å². The van der Waals surface area contributed by atoms with Gasteiger partial charge in [-0.3, -0.25) is 4.79 Å². The van der Waals surface area contributed by atoms with Gasteiger partial charge in [-0.05, 0) is 35.4 Å². The van der Waals surface area contributed by atoms with E-state index in [1.807, 2.05) is 91.9 Å². The lowest BCUT2D eigenvalue weighted by Gasteiger charge is -2.12. The van der Waals surface area contributed by atoms with Gasteiger partial charge in [-0.1, -0.05) is 67.6 Å². The second kappa shape index (κ2) is 7.60. The average Bonchev–Trinajstić information content (AvgIpc) is 2.67. The normalized spacial score (nSPS) is 11.7. The van der Waals surface area contributed by atoms with Crippen LogP contribution in [-0.4, -0.2) is 5.78 Å². The lowest BCUT2D eigenvalue weighted by molar-refractivity contribution is 0.0966. The van der Waals surface area contributed by atoms with Gasteiger partial charge in [-0.2, -0.15) is 0 Å². The highest BCUT2D eigenvalue weighted by molar-refractivity contribution is 6.00. The molecule has 2 nitrogen and oxygen atoms in total. The van der Waals surface area contributed by atoms with Crippen LogP contribution in [0.5, 0.6) is 5.75 Å². The monoisotopic (exact) mass is 316 g/mol. The smallest absolute Gasteiger partial charge is 0.170 e. The predicted molar refractivity (Wildman–Crippen MR) is 96.4 cm³/mol. The molecule has 0 radical (unpaired) electrons. The van der Waals surface area contributed by atoms with E-state index in [1.54, 1.807) is 0 Å². The van der Waals surface area contributed by atoms with Crippen LogP contribution >= 0.6 is 0 Å². The number of benzene rings is 3. The summed E-state index contributed by atoms with van der Waals surface area (Å²) in [6.45, 7) is 2.46. The predicted octanol–water partition coefficient (Wildman–Crippen LogP) is 5.25. The van der Waals surface area contributed by atoms with Gasteiger partial charge in [0, 0.05) is 11.5 Å². The van der Waals surface area contributed by atoms with E-state index in [4.69, 9.17) is 4.74 Å². The van der Waals surface area contributed by atoms with Crippen molar-refractivity contribution in [2.75, 3.05) is 0 Å². The lowest BCUT2D eigenvalue weighted by Crippen LogP contribution is -2.09. The van der Waals surface area contributed by atoms with Crippen molar-refractivity contribution in [1.29, 1.82) is 0 Å². The fourth-order valence-corrected chi connectivity index (χ4v) is 2.60. The molecule has 0 unspecified atom stereocenters. The van der Waals surface area contributed by atoms with Crippen molar-refractivity contribution in [3.05, 3.63) is 102 Å². The Bertz CT molecular complexity index is 777. The Morgan fingerprint density at radius 3 is 2.04 bits per heavy atom. The Labute approximate surface area is 142 Å². The summed E-state index contributed by atoms with van der Waals surface area (Å²) in [5, 5.41) is 0. The quantitative estimate of drug-likeness (QED) is 0.580. The summed E-state index contributed by atoms with van der Waals surface area (Å²) < 4.78 is 5.76. The van der Waals surface area contributed by atoms with Crippen molar-refractivity contribution in [3.63, 3.8) is 0 Å². The molecule has 3 aromatic rings. The third kappa shape index (κ3) is 3.90. The van der Waals surface area contributed by atoms with E-state index >= 15 is 0 Å². The molecule has 2 heteroatoms. The second-order valence-corrected chi connectivity index (χ2v) is 5.80. The first-order valence-electron chi connectivity index (χ1n) is 8.10. The molecule has 0 N–H and O–H groups in total. The molecule has 0 aromatic heterocycles. The zero-order chi connectivity index (χ0) is 16.8. The molecule has 1 atom stereocenters. The van der Waals surface area contributed by atoms with Gasteiger partial charge in [0.25, 0.3) is 0 Å². The number of ether oxygens (including phenoxy) is 1. The van der Waals surface area contributed by atoms with Crippen molar-refractivity contribution in [2.24, 2.45) is 0 Å². The molecule has 0 heterocycles. The van der Waals surface area contributed by atoms with Crippen LogP contribution in [0, 0.1) is 0 Å². The molecular weight excluding hydrogens is 296 g/mol. The molecule has 0 aliphatic carbocycles. The summed E-state index contributed by atoms with van der Waals surface area (Å²) in [6.07, 6.45) is 0. The molecule has 0 aliphatic rings. The number of Topliss-reactive ketones (excluding diaryl/α,β-unsaturated/α-hetero) is 1. The highest BCUT2D eigenvalue weighted by Gasteiger charge is 2.16. The first-order chi connectivity index (χ1) is 11.7. The van der Waals surface area contributed by atoms with Gasteiger partial charge in [0.1, 0.15) is 12.4 Å². The Kier molecular flexibility index (Phi) is 5.07. The summed E-state index contributed by atoms with van der Waals surface area (Å²) in [5.74, 6) is 0.737. The van der Waals surface area contributed by atoms with Crippen molar-refractivity contribution in [3.8, 4) is 5.75 Å². The summed E-state index contributed by atoms with van der Waals surface area (Å²) in [5.41, 5.74) is 2.86. The fraction of sp³-hybridized carbons (Fsp3) is 0.136. The van der Waals surface area contributed by atoms with Gasteiger partial charge in [-0.25, -0.2) is 0 Å². The lowest BCUT2D eigenvalue weighted by atomic mass is 9.92. The maximum atomic E-state index is 12.6. The Hall–Kier alpha value is -2.87. The van der Waals surface area contributed by atoms with E-state index in [1.165, 1.54) is 0 Å². The molecule has 0 amide bonds. The number of ketones is 1. The van der Waals surface area contributed by atoms with Crippen LogP contribution in [0.15, 0.2) is 84.9 Å². The van der Waals surface area contributed by atoms with Crippen molar-refractivity contribution < 1.29 is 9.53 Å². The SMILES string of the molecule is C[C@@H](C(=O)c1ccc(OCc2ccccc2)cc1)c1ccccc1. The van der Waals surface area contributed by atoms with Crippen molar-refractivity contribution in [2.45, 2.75) is 19.4 Å². The molecule has 0 aliphatic heterocycles. The van der Waals surface area contributed by atoms with Crippen molar-refractivity contribution in [1.82, 2.24) is 0 Å². The second-order valence-electron chi connectivity index (χ2n) is 5.80. The topological polar surface area (TPSA) is 26.3 Å². The number of hydrogen-bond acceptors (Lipinski definition) is 2. The maximum Gasteiger partial charge on any atom is 0.170 e. The zero-order valence-corrected chi connectivity index (χ0v) is 13.7. The number of carbonyl (C=O) groups is 1. The van der Waals surface area contributed by atoms with Gasteiger partial charge < -0.3 is 4.74 Å². The molecule has 0 bridgehead atoms. The van der Waals surface area contributed by atoms with Gasteiger partial charge in [0.2, 0.25) is 0 Å².